The van der Waals surface area contributed by atoms with E-state index in [1.54, 1.807) is 12.4 Å². The minimum Gasteiger partial charge on any atom is -0.463 e. The number of carbonyl (C=O) groups excluding carboxylic acids is 1. The molecule has 0 aromatic carbocycles. The first-order valence-electron chi connectivity index (χ1n) is 2.88. The third-order valence-electron chi connectivity index (χ3n) is 1.01. The third kappa shape index (κ3) is 3.34. The van der Waals surface area contributed by atoms with Gasteiger partial charge in [0.1, 0.15) is 6.61 Å². The number of hydrogen-bond donors (Lipinski definition) is 1. The summed E-state index contributed by atoms with van der Waals surface area (Å²) in [6.45, 7) is 0.589. The van der Waals surface area contributed by atoms with Gasteiger partial charge >= 0.3 is 0 Å². The molecule has 0 spiro atoms. The molecule has 0 saturated carbocycles. The number of rotatable bonds is 3. The van der Waals surface area contributed by atoms with Crippen LogP contribution in [-0.2, 0) is 16.1 Å². The molecule has 1 heterocycles. The number of ether oxygens (including phenoxy) is 1. The SMILES string of the molecule is C.O=COCc1cnc(S)nc1. The molecular weight excluding hydrogens is 176 g/mol. The van der Waals surface area contributed by atoms with Crippen molar-refractivity contribution in [2.24, 2.45) is 0 Å². The topological polar surface area (TPSA) is 52.1 Å². The zero-order valence-corrected chi connectivity index (χ0v) is 6.49. The summed E-state index contributed by atoms with van der Waals surface area (Å²) in [5, 5.41) is 0.403. The molecule has 0 saturated heterocycles. The van der Waals surface area contributed by atoms with Gasteiger partial charge < -0.3 is 4.74 Å². The first-order chi connectivity index (χ1) is 5.33. The molecule has 66 valence electrons. The van der Waals surface area contributed by atoms with Crippen molar-refractivity contribution >= 4 is 19.1 Å². The summed E-state index contributed by atoms with van der Waals surface area (Å²) in [6.07, 6.45) is 3.11. The van der Waals surface area contributed by atoms with Gasteiger partial charge in [-0.05, 0) is 0 Å². The fraction of sp³-hybridized carbons (Fsp3) is 0.286. The molecule has 0 fully saturated rings. The normalized spacial score (nSPS) is 8.42. The predicted octanol–water partition coefficient (Wildman–Crippen LogP) is 1.07. The van der Waals surface area contributed by atoms with E-state index in [9.17, 15) is 4.79 Å². The van der Waals surface area contributed by atoms with Crippen molar-refractivity contribution in [2.45, 2.75) is 19.2 Å². The molecule has 0 aliphatic carbocycles. The third-order valence-corrected chi connectivity index (χ3v) is 1.24. The van der Waals surface area contributed by atoms with Gasteiger partial charge in [-0.3, -0.25) is 4.79 Å². The maximum atomic E-state index is 9.77. The van der Waals surface area contributed by atoms with E-state index in [4.69, 9.17) is 0 Å². The van der Waals surface area contributed by atoms with E-state index in [2.05, 4.69) is 27.3 Å². The number of carbonyl (C=O) groups is 1. The van der Waals surface area contributed by atoms with Gasteiger partial charge in [0.25, 0.3) is 6.47 Å². The Morgan fingerprint density at radius 2 is 2.08 bits per heavy atom. The molecule has 0 atom stereocenters. The van der Waals surface area contributed by atoms with Gasteiger partial charge in [-0.15, -0.1) is 12.6 Å². The molecule has 0 bridgehead atoms. The van der Waals surface area contributed by atoms with Gasteiger partial charge in [0, 0.05) is 18.0 Å². The summed E-state index contributed by atoms with van der Waals surface area (Å²) in [5.74, 6) is 0. The van der Waals surface area contributed by atoms with Crippen LogP contribution in [0.25, 0.3) is 0 Å². The standard InChI is InChI=1S/C6H6N2O2S.CH4/c9-4-10-3-5-1-7-6(11)8-2-5;/h1-2,4H,3H2,(H,7,8,11);1H4. The van der Waals surface area contributed by atoms with Crippen LogP contribution in [0.1, 0.15) is 13.0 Å². The maximum Gasteiger partial charge on any atom is 0.293 e. The van der Waals surface area contributed by atoms with Gasteiger partial charge in [0.05, 0.1) is 0 Å². The highest BCUT2D eigenvalue weighted by molar-refractivity contribution is 7.80. The van der Waals surface area contributed by atoms with Gasteiger partial charge in [-0.25, -0.2) is 9.97 Å². The summed E-state index contributed by atoms with van der Waals surface area (Å²) < 4.78 is 4.47. The molecule has 0 amide bonds. The molecule has 12 heavy (non-hydrogen) atoms. The maximum absolute atomic E-state index is 9.77. The van der Waals surface area contributed by atoms with Crippen LogP contribution in [0.5, 0.6) is 0 Å². The molecule has 0 radical (unpaired) electrons. The Morgan fingerprint density at radius 1 is 1.50 bits per heavy atom. The first kappa shape index (κ1) is 10.9. The Balaban J connectivity index is 0.00000121. The van der Waals surface area contributed by atoms with E-state index in [1.165, 1.54) is 0 Å². The fourth-order valence-electron chi connectivity index (χ4n) is 0.553. The fourth-order valence-corrected chi connectivity index (χ4v) is 0.668. The van der Waals surface area contributed by atoms with Crippen LogP contribution in [0.15, 0.2) is 17.6 Å². The molecule has 0 N–H and O–H groups in total. The molecular formula is C7H10N2O2S. The Bertz CT molecular complexity index is 238. The quantitative estimate of drug-likeness (QED) is 0.436. The van der Waals surface area contributed by atoms with E-state index in [0.717, 1.165) is 5.56 Å². The molecule has 0 aliphatic heterocycles. The molecule has 1 rings (SSSR count). The van der Waals surface area contributed by atoms with Crippen molar-refractivity contribution in [2.75, 3.05) is 0 Å². The number of aromatic nitrogens is 2. The van der Waals surface area contributed by atoms with Crippen LogP contribution < -0.4 is 0 Å². The Morgan fingerprint density at radius 3 is 2.58 bits per heavy atom. The highest BCUT2D eigenvalue weighted by Gasteiger charge is 1.92. The summed E-state index contributed by atoms with van der Waals surface area (Å²) >= 11 is 3.89. The second kappa shape index (κ2) is 5.54. The zero-order valence-electron chi connectivity index (χ0n) is 5.60. The van der Waals surface area contributed by atoms with Gasteiger partial charge in [0.2, 0.25) is 0 Å². The van der Waals surface area contributed by atoms with Gasteiger partial charge in [-0.2, -0.15) is 0 Å². The minimum atomic E-state index is 0. The van der Waals surface area contributed by atoms with Crippen LogP contribution in [0, 0.1) is 0 Å². The predicted molar refractivity (Wildman–Crippen MR) is 46.9 cm³/mol. The van der Waals surface area contributed by atoms with E-state index >= 15 is 0 Å². The lowest BCUT2D eigenvalue weighted by Gasteiger charge is -1.96. The van der Waals surface area contributed by atoms with Crippen LogP contribution in [0.3, 0.4) is 0 Å². The summed E-state index contributed by atoms with van der Waals surface area (Å²) in [4.78, 5) is 17.3. The van der Waals surface area contributed by atoms with E-state index in [-0.39, 0.29) is 14.0 Å². The first-order valence-corrected chi connectivity index (χ1v) is 3.33. The van der Waals surface area contributed by atoms with Crippen molar-refractivity contribution in [1.29, 1.82) is 0 Å². The number of thiol groups is 1. The van der Waals surface area contributed by atoms with Gasteiger partial charge in [0.15, 0.2) is 5.16 Å². The molecule has 0 aliphatic rings. The Labute approximate surface area is 76.4 Å². The molecule has 5 heteroatoms. The zero-order chi connectivity index (χ0) is 8.10. The summed E-state index contributed by atoms with van der Waals surface area (Å²) in [7, 11) is 0. The van der Waals surface area contributed by atoms with Crippen LogP contribution in [0.2, 0.25) is 0 Å². The van der Waals surface area contributed by atoms with E-state index in [1.807, 2.05) is 0 Å². The van der Waals surface area contributed by atoms with Crippen molar-refractivity contribution in [1.82, 2.24) is 9.97 Å². The smallest absolute Gasteiger partial charge is 0.293 e. The van der Waals surface area contributed by atoms with E-state index < -0.39 is 0 Å². The largest absolute Gasteiger partial charge is 0.463 e. The number of hydrogen-bond acceptors (Lipinski definition) is 5. The number of nitrogens with zero attached hydrogens (tertiary/aromatic N) is 2. The molecule has 0 unspecified atom stereocenters. The second-order valence-corrected chi connectivity index (χ2v) is 2.20. The molecule has 4 nitrogen and oxygen atoms in total. The van der Waals surface area contributed by atoms with Gasteiger partial charge in [-0.1, -0.05) is 7.43 Å². The van der Waals surface area contributed by atoms with Crippen LogP contribution >= 0.6 is 12.6 Å². The highest BCUT2D eigenvalue weighted by Crippen LogP contribution is 1.99. The minimum absolute atomic E-state index is 0. The average Bonchev–Trinajstić information content (AvgIpc) is 2.04. The van der Waals surface area contributed by atoms with Crippen LogP contribution in [0.4, 0.5) is 0 Å². The highest BCUT2D eigenvalue weighted by atomic mass is 32.1. The van der Waals surface area contributed by atoms with Crippen molar-refractivity contribution in [3.8, 4) is 0 Å². The van der Waals surface area contributed by atoms with Crippen LogP contribution in [-0.4, -0.2) is 16.4 Å². The lowest BCUT2D eigenvalue weighted by Crippen LogP contribution is -1.92. The van der Waals surface area contributed by atoms with Crippen molar-refractivity contribution in [3.63, 3.8) is 0 Å². The Kier molecular flexibility index (Phi) is 5.03. The summed E-state index contributed by atoms with van der Waals surface area (Å²) in [5.41, 5.74) is 0.745. The summed E-state index contributed by atoms with van der Waals surface area (Å²) in [6, 6.07) is 0. The van der Waals surface area contributed by atoms with Crippen molar-refractivity contribution in [3.05, 3.63) is 18.0 Å². The monoisotopic (exact) mass is 186 g/mol. The molecule has 1 aromatic heterocycles. The van der Waals surface area contributed by atoms with E-state index in [0.29, 0.717) is 11.6 Å². The lowest BCUT2D eigenvalue weighted by molar-refractivity contribution is -0.129. The average molecular weight is 186 g/mol. The Hall–Kier alpha value is -1.10. The molecule has 1 aromatic rings. The lowest BCUT2D eigenvalue weighted by atomic mass is 10.4. The second-order valence-electron chi connectivity index (χ2n) is 1.80. The van der Waals surface area contributed by atoms with Crippen molar-refractivity contribution < 1.29 is 9.53 Å².